The summed E-state index contributed by atoms with van der Waals surface area (Å²) in [5.41, 5.74) is 1.94. The number of thiazole rings is 1. The van der Waals surface area contributed by atoms with Crippen molar-refractivity contribution >= 4 is 54.5 Å². The van der Waals surface area contributed by atoms with Gasteiger partial charge in [0.1, 0.15) is 4.21 Å². The summed E-state index contributed by atoms with van der Waals surface area (Å²) < 4.78 is 31.4. The fourth-order valence-electron chi connectivity index (χ4n) is 2.11. The van der Waals surface area contributed by atoms with Gasteiger partial charge >= 0.3 is 0 Å². The molecule has 3 aromatic rings. The van der Waals surface area contributed by atoms with Gasteiger partial charge in [0.05, 0.1) is 10.2 Å². The number of halogens is 1. The summed E-state index contributed by atoms with van der Waals surface area (Å²) in [6, 6.07) is 6.93. The lowest BCUT2D eigenvalue weighted by Crippen LogP contribution is -2.13. The predicted molar refractivity (Wildman–Crippen MR) is 87.6 cm³/mol. The minimum absolute atomic E-state index is 0.245. The number of sulfonamides is 1. The molecule has 0 unspecified atom stereocenters. The summed E-state index contributed by atoms with van der Waals surface area (Å²) >= 11 is 8.52. The summed E-state index contributed by atoms with van der Waals surface area (Å²) in [6.45, 7) is 1.94. The molecule has 0 spiro atoms. The van der Waals surface area contributed by atoms with Crippen molar-refractivity contribution in [1.82, 2.24) is 4.57 Å². The molecule has 0 aliphatic rings. The number of rotatable bonds is 2. The molecule has 0 saturated heterocycles. The van der Waals surface area contributed by atoms with Crippen molar-refractivity contribution in [1.29, 1.82) is 0 Å². The van der Waals surface area contributed by atoms with Crippen LogP contribution in [0.4, 0.5) is 0 Å². The largest absolute Gasteiger partial charge is 0.319 e. The van der Waals surface area contributed by atoms with Crippen LogP contribution in [0.25, 0.3) is 10.2 Å². The van der Waals surface area contributed by atoms with Gasteiger partial charge in [0.15, 0.2) is 0 Å². The minimum atomic E-state index is -3.66. The Morgan fingerprint density at radius 2 is 2.10 bits per heavy atom. The van der Waals surface area contributed by atoms with Gasteiger partial charge in [0.25, 0.3) is 10.0 Å². The maximum Gasteiger partial charge on any atom is 0.294 e. The van der Waals surface area contributed by atoms with Crippen molar-refractivity contribution in [2.45, 2.75) is 11.1 Å². The van der Waals surface area contributed by atoms with E-state index in [1.165, 1.54) is 11.3 Å². The number of aryl methyl sites for hydroxylation is 2. The second-order valence-corrected chi connectivity index (χ2v) is 8.74. The Morgan fingerprint density at radius 3 is 2.76 bits per heavy atom. The van der Waals surface area contributed by atoms with Gasteiger partial charge in [-0.15, -0.1) is 15.7 Å². The van der Waals surface area contributed by atoms with Crippen molar-refractivity contribution in [2.75, 3.05) is 0 Å². The summed E-state index contributed by atoms with van der Waals surface area (Å²) in [5.74, 6) is 0. The third kappa shape index (κ3) is 2.66. The molecule has 0 atom stereocenters. The molecule has 3 rings (SSSR count). The van der Waals surface area contributed by atoms with Crippen LogP contribution in [-0.4, -0.2) is 13.0 Å². The molecular weight excluding hydrogens is 348 g/mol. The number of fused-ring (bicyclic) bond motifs is 1. The molecule has 0 N–H and O–H groups in total. The van der Waals surface area contributed by atoms with Crippen LogP contribution in [0.15, 0.2) is 38.3 Å². The van der Waals surface area contributed by atoms with Crippen LogP contribution in [0.5, 0.6) is 0 Å². The van der Waals surface area contributed by atoms with E-state index >= 15 is 0 Å². The highest BCUT2D eigenvalue weighted by Crippen LogP contribution is 2.25. The summed E-state index contributed by atoms with van der Waals surface area (Å²) in [4.78, 5) is 0.434. The van der Waals surface area contributed by atoms with Crippen molar-refractivity contribution < 1.29 is 8.42 Å². The standard InChI is InChI=1S/C13H11ClN2O2S3/c1-8-6-9(14)7-10-12(8)16(2)13(20-10)15-21(17,18)11-4-3-5-19-11/h3-7H,1-2H3/b15-13-. The molecule has 21 heavy (non-hydrogen) atoms. The molecule has 2 heterocycles. The van der Waals surface area contributed by atoms with Gasteiger partial charge in [-0.1, -0.05) is 29.0 Å². The fourth-order valence-corrected chi connectivity index (χ4v) is 5.78. The highest BCUT2D eigenvalue weighted by atomic mass is 35.5. The molecule has 0 saturated carbocycles. The molecule has 8 heteroatoms. The molecule has 0 amide bonds. The van der Waals surface area contributed by atoms with E-state index in [0.29, 0.717) is 9.82 Å². The average Bonchev–Trinajstić information content (AvgIpc) is 2.98. The van der Waals surface area contributed by atoms with Gasteiger partial charge in [-0.25, -0.2) is 0 Å². The number of benzene rings is 1. The first kappa shape index (κ1) is 14.8. The average molecular weight is 359 g/mol. The molecule has 0 aliphatic carbocycles. The second kappa shape index (κ2) is 5.24. The molecule has 0 fully saturated rings. The summed E-state index contributed by atoms with van der Waals surface area (Å²) in [7, 11) is -1.85. The van der Waals surface area contributed by atoms with Gasteiger partial charge in [-0.3, -0.25) is 0 Å². The molecule has 0 radical (unpaired) electrons. The molecule has 2 aromatic heterocycles. The second-order valence-electron chi connectivity index (χ2n) is 4.51. The van der Waals surface area contributed by atoms with Gasteiger partial charge in [-0.2, -0.15) is 8.42 Å². The Bertz CT molecular complexity index is 983. The molecule has 4 nitrogen and oxygen atoms in total. The predicted octanol–water partition coefficient (Wildman–Crippen LogP) is 3.55. The van der Waals surface area contributed by atoms with Gasteiger partial charge < -0.3 is 4.57 Å². The molecule has 0 aliphatic heterocycles. The van der Waals surface area contributed by atoms with Gasteiger partial charge in [-0.05, 0) is 36.1 Å². The van der Waals surface area contributed by atoms with Crippen LogP contribution >= 0.6 is 34.3 Å². The van der Waals surface area contributed by atoms with Crippen LogP contribution in [0.2, 0.25) is 5.02 Å². The zero-order chi connectivity index (χ0) is 15.2. The topological polar surface area (TPSA) is 51.4 Å². The van der Waals surface area contributed by atoms with Gasteiger partial charge in [0.2, 0.25) is 4.80 Å². The van der Waals surface area contributed by atoms with Crippen molar-refractivity contribution in [2.24, 2.45) is 11.4 Å². The number of nitrogens with zero attached hydrogens (tertiary/aromatic N) is 2. The van der Waals surface area contributed by atoms with E-state index in [1.807, 2.05) is 26.1 Å². The van der Waals surface area contributed by atoms with E-state index in [1.54, 1.807) is 22.1 Å². The Labute approximate surface area is 135 Å². The lowest BCUT2D eigenvalue weighted by atomic mass is 10.2. The van der Waals surface area contributed by atoms with Crippen molar-refractivity contribution in [3.8, 4) is 0 Å². The van der Waals surface area contributed by atoms with Gasteiger partial charge in [0, 0.05) is 12.1 Å². The number of aromatic nitrogens is 1. The van der Waals surface area contributed by atoms with Crippen LogP contribution < -0.4 is 4.80 Å². The maximum absolute atomic E-state index is 12.3. The molecular formula is C13H11ClN2O2S3. The van der Waals surface area contributed by atoms with Crippen LogP contribution in [0.3, 0.4) is 0 Å². The van der Waals surface area contributed by atoms with E-state index in [4.69, 9.17) is 11.6 Å². The lowest BCUT2D eigenvalue weighted by Gasteiger charge is -2.00. The smallest absolute Gasteiger partial charge is 0.294 e. The third-order valence-corrected chi connectivity index (χ3v) is 7.05. The van der Waals surface area contributed by atoms with E-state index in [9.17, 15) is 8.42 Å². The van der Waals surface area contributed by atoms with Crippen molar-refractivity contribution in [3.05, 3.63) is 45.0 Å². The molecule has 1 aromatic carbocycles. The SMILES string of the molecule is Cc1cc(Cl)cc2s/c(=N\S(=O)(=O)c3cccs3)n(C)c12. The summed E-state index contributed by atoms with van der Waals surface area (Å²) in [6.07, 6.45) is 0. The molecule has 110 valence electrons. The molecule has 0 bridgehead atoms. The van der Waals surface area contributed by atoms with E-state index in [0.717, 1.165) is 27.1 Å². The fraction of sp³-hybridized carbons (Fsp3) is 0.154. The number of hydrogen-bond acceptors (Lipinski definition) is 4. The summed E-state index contributed by atoms with van der Waals surface area (Å²) in [5, 5.41) is 2.35. The van der Waals surface area contributed by atoms with Crippen LogP contribution in [-0.2, 0) is 17.1 Å². The van der Waals surface area contributed by atoms with E-state index in [-0.39, 0.29) is 4.21 Å². The van der Waals surface area contributed by atoms with Crippen molar-refractivity contribution in [3.63, 3.8) is 0 Å². The zero-order valence-electron chi connectivity index (χ0n) is 11.2. The first-order valence-corrected chi connectivity index (χ1v) is 9.50. The Morgan fingerprint density at radius 1 is 1.33 bits per heavy atom. The van der Waals surface area contributed by atoms with E-state index < -0.39 is 10.0 Å². The monoisotopic (exact) mass is 358 g/mol. The van der Waals surface area contributed by atoms with Crippen LogP contribution in [0, 0.1) is 6.92 Å². The third-order valence-electron chi connectivity index (χ3n) is 3.00. The highest BCUT2D eigenvalue weighted by molar-refractivity contribution is 7.92. The normalized spacial score (nSPS) is 13.2. The minimum Gasteiger partial charge on any atom is -0.319 e. The zero-order valence-corrected chi connectivity index (χ0v) is 14.4. The lowest BCUT2D eigenvalue weighted by molar-refractivity contribution is 0.598. The first-order valence-electron chi connectivity index (χ1n) is 5.99. The number of hydrogen-bond donors (Lipinski definition) is 0. The Hall–Kier alpha value is -1.15. The quantitative estimate of drug-likeness (QED) is 0.703. The number of thiophene rings is 1. The first-order chi connectivity index (χ1) is 9.88. The van der Waals surface area contributed by atoms with Crippen LogP contribution in [0.1, 0.15) is 5.56 Å². The Balaban J connectivity index is 2.29. The highest BCUT2D eigenvalue weighted by Gasteiger charge is 2.15. The van der Waals surface area contributed by atoms with E-state index in [2.05, 4.69) is 4.40 Å². The Kier molecular flexibility index (Phi) is 3.69. The maximum atomic E-state index is 12.3.